The zero-order chi connectivity index (χ0) is 23.2. The average Bonchev–Trinajstić information content (AvgIpc) is 3.48. The van der Waals surface area contributed by atoms with Crippen LogP contribution in [-0.2, 0) is 22.6 Å². The number of thiophene rings is 1. The predicted octanol–water partition coefficient (Wildman–Crippen LogP) is 3.84. The van der Waals surface area contributed by atoms with Crippen molar-refractivity contribution in [1.29, 1.82) is 0 Å². The number of piperidine rings is 1. The molecule has 1 aliphatic rings. The van der Waals surface area contributed by atoms with Crippen molar-refractivity contribution < 1.29 is 9.59 Å². The molecule has 2 N–H and O–H groups in total. The number of nitrogens with zero attached hydrogens (tertiary/aromatic N) is 4. The van der Waals surface area contributed by atoms with Gasteiger partial charge in [0.15, 0.2) is 11.0 Å². The summed E-state index contributed by atoms with van der Waals surface area (Å²) in [5, 5.41) is 11.0. The average molecular weight is 484 g/mol. The Hall–Kier alpha value is -2.65. The van der Waals surface area contributed by atoms with Crippen LogP contribution in [0.1, 0.15) is 31.7 Å². The standard InChI is InChI=1S/C24H29N5O2S2/c1-17(23(31)28-12-9-19(10-13-28)16-18-6-3-2-4-7-18)33-24-27-26-22(20-8-5-15-32-20)29(24)14-11-21(25)30/h2-8,15,17,19H,9-14,16H2,1H3,(H2,25,30). The monoisotopic (exact) mass is 483 g/mol. The topological polar surface area (TPSA) is 94.1 Å². The molecule has 1 unspecified atom stereocenters. The third-order valence-corrected chi connectivity index (χ3v) is 7.90. The molecule has 0 bridgehead atoms. The Labute approximate surface area is 202 Å². The zero-order valence-electron chi connectivity index (χ0n) is 18.7. The maximum absolute atomic E-state index is 13.2. The predicted molar refractivity (Wildman–Crippen MR) is 132 cm³/mol. The molecule has 3 heterocycles. The van der Waals surface area contributed by atoms with E-state index in [-0.39, 0.29) is 23.5 Å². The first-order valence-electron chi connectivity index (χ1n) is 11.3. The van der Waals surface area contributed by atoms with Crippen molar-refractivity contribution in [3.8, 4) is 10.7 Å². The molecule has 174 valence electrons. The summed E-state index contributed by atoms with van der Waals surface area (Å²) in [6.07, 6.45) is 3.31. The van der Waals surface area contributed by atoms with Crippen molar-refractivity contribution in [2.24, 2.45) is 11.7 Å². The van der Waals surface area contributed by atoms with Gasteiger partial charge in [-0.25, -0.2) is 0 Å². The van der Waals surface area contributed by atoms with Gasteiger partial charge in [0.2, 0.25) is 11.8 Å². The second-order valence-corrected chi connectivity index (χ2v) is 10.6. The smallest absolute Gasteiger partial charge is 0.235 e. The summed E-state index contributed by atoms with van der Waals surface area (Å²) in [6.45, 7) is 3.89. The highest BCUT2D eigenvalue weighted by atomic mass is 32.2. The van der Waals surface area contributed by atoms with E-state index >= 15 is 0 Å². The number of rotatable bonds is 9. The lowest BCUT2D eigenvalue weighted by atomic mass is 9.90. The second-order valence-electron chi connectivity index (χ2n) is 8.37. The Morgan fingerprint density at radius 1 is 1.15 bits per heavy atom. The van der Waals surface area contributed by atoms with Crippen molar-refractivity contribution in [2.75, 3.05) is 13.1 Å². The van der Waals surface area contributed by atoms with Crippen molar-refractivity contribution in [3.63, 3.8) is 0 Å². The number of amides is 2. The van der Waals surface area contributed by atoms with E-state index in [2.05, 4.69) is 34.5 Å². The van der Waals surface area contributed by atoms with E-state index in [1.54, 1.807) is 11.3 Å². The Kier molecular flexibility index (Phi) is 7.82. The highest BCUT2D eigenvalue weighted by Crippen LogP contribution is 2.31. The van der Waals surface area contributed by atoms with Crippen LogP contribution >= 0.6 is 23.1 Å². The summed E-state index contributed by atoms with van der Waals surface area (Å²) in [7, 11) is 0. The summed E-state index contributed by atoms with van der Waals surface area (Å²) >= 11 is 2.96. The molecule has 9 heteroatoms. The number of hydrogen-bond acceptors (Lipinski definition) is 6. The number of hydrogen-bond donors (Lipinski definition) is 1. The van der Waals surface area contributed by atoms with Gasteiger partial charge in [-0.1, -0.05) is 48.2 Å². The van der Waals surface area contributed by atoms with Crippen LogP contribution in [-0.4, -0.2) is 49.8 Å². The molecule has 1 fully saturated rings. The number of likely N-dealkylation sites (tertiary alicyclic amines) is 1. The molecule has 33 heavy (non-hydrogen) atoms. The molecule has 1 atom stereocenters. The number of carbonyl (C=O) groups is 2. The van der Waals surface area contributed by atoms with Crippen LogP contribution in [0.5, 0.6) is 0 Å². The fraction of sp³-hybridized carbons (Fsp3) is 0.417. The summed E-state index contributed by atoms with van der Waals surface area (Å²) in [6, 6.07) is 14.5. The van der Waals surface area contributed by atoms with Crippen LogP contribution in [0.2, 0.25) is 0 Å². The lowest BCUT2D eigenvalue weighted by molar-refractivity contribution is -0.131. The third kappa shape index (κ3) is 6.03. The lowest BCUT2D eigenvalue weighted by Crippen LogP contribution is -2.42. The van der Waals surface area contributed by atoms with Crippen molar-refractivity contribution in [1.82, 2.24) is 19.7 Å². The largest absolute Gasteiger partial charge is 0.370 e. The van der Waals surface area contributed by atoms with Crippen LogP contribution in [0.25, 0.3) is 10.7 Å². The maximum atomic E-state index is 13.2. The quantitative estimate of drug-likeness (QED) is 0.467. The van der Waals surface area contributed by atoms with E-state index in [9.17, 15) is 9.59 Å². The summed E-state index contributed by atoms with van der Waals surface area (Å²) in [5.41, 5.74) is 6.74. The van der Waals surface area contributed by atoms with Crippen LogP contribution in [0.4, 0.5) is 0 Å². The molecule has 0 radical (unpaired) electrons. The minimum absolute atomic E-state index is 0.125. The molecule has 1 saturated heterocycles. The van der Waals surface area contributed by atoms with Gasteiger partial charge in [-0.3, -0.25) is 9.59 Å². The molecule has 0 aliphatic carbocycles. The number of thioether (sulfide) groups is 1. The number of carbonyl (C=O) groups excluding carboxylic acids is 2. The van der Waals surface area contributed by atoms with Gasteiger partial charge in [-0.15, -0.1) is 21.5 Å². The summed E-state index contributed by atoms with van der Waals surface area (Å²) in [5.74, 6) is 1.07. The molecule has 4 rings (SSSR count). The normalized spacial score (nSPS) is 15.5. The van der Waals surface area contributed by atoms with Gasteiger partial charge in [0.1, 0.15) is 0 Å². The second kappa shape index (κ2) is 11.0. The van der Waals surface area contributed by atoms with Crippen LogP contribution in [0, 0.1) is 5.92 Å². The number of primary amides is 1. The minimum Gasteiger partial charge on any atom is -0.370 e. The maximum Gasteiger partial charge on any atom is 0.235 e. The fourth-order valence-electron chi connectivity index (χ4n) is 4.16. The molecule has 2 aromatic heterocycles. The van der Waals surface area contributed by atoms with Gasteiger partial charge in [0.05, 0.1) is 10.1 Å². The SMILES string of the molecule is CC(Sc1nnc(-c2cccs2)n1CCC(N)=O)C(=O)N1CCC(Cc2ccccc2)CC1. The highest BCUT2D eigenvalue weighted by molar-refractivity contribution is 8.00. The van der Waals surface area contributed by atoms with Gasteiger partial charge in [0, 0.05) is 26.1 Å². The molecule has 1 aromatic carbocycles. The first-order valence-corrected chi connectivity index (χ1v) is 13.0. The van der Waals surface area contributed by atoms with Crippen LogP contribution < -0.4 is 5.73 Å². The van der Waals surface area contributed by atoms with Crippen molar-refractivity contribution in [2.45, 2.75) is 49.6 Å². The molecule has 0 saturated carbocycles. The van der Waals surface area contributed by atoms with Gasteiger partial charge in [-0.05, 0) is 49.1 Å². The Morgan fingerprint density at radius 3 is 2.58 bits per heavy atom. The fourth-order valence-corrected chi connectivity index (χ4v) is 5.83. The van der Waals surface area contributed by atoms with E-state index in [1.165, 1.54) is 17.3 Å². The van der Waals surface area contributed by atoms with E-state index in [1.807, 2.05) is 40.0 Å². The molecule has 7 nitrogen and oxygen atoms in total. The van der Waals surface area contributed by atoms with Crippen molar-refractivity contribution >= 4 is 34.9 Å². The Balaban J connectivity index is 1.37. The van der Waals surface area contributed by atoms with Crippen molar-refractivity contribution in [3.05, 3.63) is 53.4 Å². The first-order chi connectivity index (χ1) is 16.0. The Bertz CT molecular complexity index is 1060. The summed E-state index contributed by atoms with van der Waals surface area (Å²) in [4.78, 5) is 27.5. The molecule has 3 aromatic rings. The van der Waals surface area contributed by atoms with Crippen LogP contribution in [0.3, 0.4) is 0 Å². The summed E-state index contributed by atoms with van der Waals surface area (Å²) < 4.78 is 1.90. The van der Waals surface area contributed by atoms with Gasteiger partial charge in [-0.2, -0.15) is 0 Å². The third-order valence-electron chi connectivity index (χ3n) is 5.96. The van der Waals surface area contributed by atoms with Gasteiger partial charge < -0.3 is 15.2 Å². The molecular weight excluding hydrogens is 454 g/mol. The van der Waals surface area contributed by atoms with E-state index in [0.717, 1.165) is 37.2 Å². The number of nitrogens with two attached hydrogens (primary N) is 1. The van der Waals surface area contributed by atoms with E-state index < -0.39 is 0 Å². The molecular formula is C24H29N5O2S2. The number of aromatic nitrogens is 3. The first kappa shape index (κ1) is 23.5. The van der Waals surface area contributed by atoms with E-state index in [4.69, 9.17) is 5.73 Å². The zero-order valence-corrected chi connectivity index (χ0v) is 20.4. The number of benzene rings is 1. The minimum atomic E-state index is -0.376. The molecule has 0 spiro atoms. The van der Waals surface area contributed by atoms with E-state index in [0.29, 0.717) is 23.4 Å². The lowest BCUT2D eigenvalue weighted by Gasteiger charge is -2.33. The molecule has 1 aliphatic heterocycles. The van der Waals surface area contributed by atoms with Gasteiger partial charge >= 0.3 is 0 Å². The highest BCUT2D eigenvalue weighted by Gasteiger charge is 2.28. The molecule has 2 amide bonds. The Morgan fingerprint density at radius 2 is 1.91 bits per heavy atom. The van der Waals surface area contributed by atoms with Crippen LogP contribution in [0.15, 0.2) is 53.0 Å². The van der Waals surface area contributed by atoms with Gasteiger partial charge in [0.25, 0.3) is 0 Å².